The number of amides is 2. The molecule has 0 heterocycles. The fraction of sp³-hybridized carbons (Fsp3) is 0.385. The molecule has 0 radical (unpaired) electrons. The van der Waals surface area contributed by atoms with E-state index in [0.29, 0.717) is 17.8 Å². The van der Waals surface area contributed by atoms with Crippen molar-refractivity contribution in [2.75, 3.05) is 26.0 Å². The number of aryl methyl sites for hydroxylation is 1. The summed E-state index contributed by atoms with van der Waals surface area (Å²) in [4.78, 5) is 24.9. The van der Waals surface area contributed by atoms with E-state index in [9.17, 15) is 9.59 Å². The molecule has 98 valence electrons. The normalized spacial score (nSPS) is 9.78. The Morgan fingerprint density at radius 1 is 1.39 bits per heavy atom. The summed E-state index contributed by atoms with van der Waals surface area (Å²) in [6, 6.07) is 4.95. The highest BCUT2D eigenvalue weighted by molar-refractivity contribution is 6.00. The fourth-order valence-electron chi connectivity index (χ4n) is 1.40. The van der Waals surface area contributed by atoms with Gasteiger partial charge in [0.2, 0.25) is 0 Å². The van der Waals surface area contributed by atoms with Crippen molar-refractivity contribution < 1.29 is 14.3 Å². The lowest BCUT2D eigenvalue weighted by molar-refractivity contribution is 0.0602. The number of carbonyl (C=O) groups is 2. The molecule has 1 rings (SSSR count). The predicted octanol–water partition coefficient (Wildman–Crippen LogP) is 2.27. The third-order valence-electron chi connectivity index (χ3n) is 2.64. The average molecular weight is 250 g/mol. The lowest BCUT2D eigenvalue weighted by Crippen LogP contribution is -2.31. The van der Waals surface area contributed by atoms with E-state index >= 15 is 0 Å². The number of nitrogens with one attached hydrogen (secondary N) is 1. The van der Waals surface area contributed by atoms with Crippen molar-refractivity contribution in [1.29, 1.82) is 0 Å². The van der Waals surface area contributed by atoms with Gasteiger partial charge < -0.3 is 15.0 Å². The Balaban J connectivity index is 3.01. The lowest BCUT2D eigenvalue weighted by Gasteiger charge is -2.17. The SMILES string of the molecule is CCN(C)C(=O)Nc1ccc(C)cc1C(=O)OC. The summed E-state index contributed by atoms with van der Waals surface area (Å²) < 4.78 is 4.70. The number of ether oxygens (including phenoxy) is 1. The molecule has 0 saturated heterocycles. The van der Waals surface area contributed by atoms with Crippen LogP contribution in [0.15, 0.2) is 18.2 Å². The number of hydrogen-bond acceptors (Lipinski definition) is 3. The predicted molar refractivity (Wildman–Crippen MR) is 69.8 cm³/mol. The number of urea groups is 1. The summed E-state index contributed by atoms with van der Waals surface area (Å²) in [6.07, 6.45) is 0. The Bertz CT molecular complexity index is 458. The Hall–Kier alpha value is -2.04. The molecule has 1 N–H and O–H groups in total. The highest BCUT2D eigenvalue weighted by atomic mass is 16.5. The van der Waals surface area contributed by atoms with Gasteiger partial charge in [-0.15, -0.1) is 0 Å². The van der Waals surface area contributed by atoms with Crippen LogP contribution in [0.3, 0.4) is 0 Å². The van der Waals surface area contributed by atoms with Gasteiger partial charge in [0.1, 0.15) is 0 Å². The molecule has 0 aliphatic rings. The molecule has 0 bridgehead atoms. The van der Waals surface area contributed by atoms with Gasteiger partial charge in [0.05, 0.1) is 18.4 Å². The van der Waals surface area contributed by atoms with E-state index < -0.39 is 5.97 Å². The van der Waals surface area contributed by atoms with Crippen LogP contribution in [0.4, 0.5) is 10.5 Å². The van der Waals surface area contributed by atoms with E-state index in [1.54, 1.807) is 19.2 Å². The molecule has 0 saturated carbocycles. The molecule has 0 aromatic heterocycles. The Kier molecular flexibility index (Phi) is 4.71. The van der Waals surface area contributed by atoms with Gasteiger partial charge in [0.25, 0.3) is 0 Å². The zero-order valence-electron chi connectivity index (χ0n) is 11.1. The second-order valence-electron chi connectivity index (χ2n) is 3.98. The van der Waals surface area contributed by atoms with Crippen molar-refractivity contribution in [3.8, 4) is 0 Å². The molecule has 1 aromatic rings. The van der Waals surface area contributed by atoms with Gasteiger partial charge in [-0.05, 0) is 26.0 Å². The van der Waals surface area contributed by atoms with Gasteiger partial charge >= 0.3 is 12.0 Å². The molecule has 0 fully saturated rings. The van der Waals surface area contributed by atoms with E-state index in [4.69, 9.17) is 4.74 Å². The number of anilines is 1. The number of benzene rings is 1. The number of hydrogen-bond donors (Lipinski definition) is 1. The number of methoxy groups -OCH3 is 1. The van der Waals surface area contributed by atoms with Gasteiger partial charge in [-0.25, -0.2) is 9.59 Å². The molecule has 0 unspecified atom stereocenters. The van der Waals surface area contributed by atoms with Gasteiger partial charge in [-0.3, -0.25) is 0 Å². The molecule has 5 nitrogen and oxygen atoms in total. The minimum absolute atomic E-state index is 0.258. The Labute approximate surface area is 107 Å². The molecule has 0 spiro atoms. The maximum absolute atomic E-state index is 11.8. The molecule has 18 heavy (non-hydrogen) atoms. The van der Waals surface area contributed by atoms with Gasteiger partial charge in [-0.1, -0.05) is 11.6 Å². The Morgan fingerprint density at radius 3 is 2.61 bits per heavy atom. The zero-order valence-corrected chi connectivity index (χ0v) is 11.1. The summed E-state index contributed by atoms with van der Waals surface area (Å²) in [5.74, 6) is -0.465. The molecular formula is C13H18N2O3. The Morgan fingerprint density at radius 2 is 2.06 bits per heavy atom. The summed E-state index contributed by atoms with van der Waals surface area (Å²) >= 11 is 0. The third kappa shape index (κ3) is 3.23. The van der Waals surface area contributed by atoms with Gasteiger partial charge in [0, 0.05) is 13.6 Å². The highest BCUT2D eigenvalue weighted by Crippen LogP contribution is 2.18. The van der Waals surface area contributed by atoms with Crippen LogP contribution in [0.5, 0.6) is 0 Å². The second kappa shape index (κ2) is 6.05. The maximum Gasteiger partial charge on any atom is 0.339 e. The third-order valence-corrected chi connectivity index (χ3v) is 2.64. The molecule has 0 aliphatic carbocycles. The number of carbonyl (C=O) groups excluding carboxylic acids is 2. The minimum Gasteiger partial charge on any atom is -0.465 e. The van der Waals surface area contributed by atoms with Crippen LogP contribution >= 0.6 is 0 Å². The average Bonchev–Trinajstić information content (AvgIpc) is 2.38. The van der Waals surface area contributed by atoms with Crippen LogP contribution in [0.2, 0.25) is 0 Å². The minimum atomic E-state index is -0.465. The first-order valence-corrected chi connectivity index (χ1v) is 5.70. The van der Waals surface area contributed by atoms with E-state index in [2.05, 4.69) is 5.32 Å². The first kappa shape index (κ1) is 14.0. The molecular weight excluding hydrogens is 232 g/mol. The topological polar surface area (TPSA) is 58.6 Å². The van der Waals surface area contributed by atoms with Crippen molar-refractivity contribution in [2.24, 2.45) is 0 Å². The van der Waals surface area contributed by atoms with Crippen molar-refractivity contribution in [2.45, 2.75) is 13.8 Å². The van der Waals surface area contributed by atoms with Crippen LogP contribution in [-0.4, -0.2) is 37.6 Å². The van der Waals surface area contributed by atoms with E-state index in [1.807, 2.05) is 19.9 Å². The largest absolute Gasteiger partial charge is 0.465 e. The zero-order chi connectivity index (χ0) is 13.7. The standard InChI is InChI=1S/C13H18N2O3/c1-5-15(3)13(17)14-11-7-6-9(2)8-10(11)12(16)18-4/h6-8H,5H2,1-4H3,(H,14,17). The summed E-state index contributed by atoms with van der Waals surface area (Å²) in [5.41, 5.74) is 1.74. The summed E-state index contributed by atoms with van der Waals surface area (Å²) in [5, 5.41) is 2.69. The van der Waals surface area contributed by atoms with Gasteiger partial charge in [0.15, 0.2) is 0 Å². The summed E-state index contributed by atoms with van der Waals surface area (Å²) in [7, 11) is 3.00. The monoisotopic (exact) mass is 250 g/mol. The van der Waals surface area contributed by atoms with Crippen LogP contribution in [0.25, 0.3) is 0 Å². The molecule has 5 heteroatoms. The van der Waals surface area contributed by atoms with E-state index in [1.165, 1.54) is 12.0 Å². The number of esters is 1. The lowest BCUT2D eigenvalue weighted by atomic mass is 10.1. The fourth-order valence-corrected chi connectivity index (χ4v) is 1.40. The van der Waals surface area contributed by atoms with Crippen molar-refractivity contribution in [1.82, 2.24) is 4.90 Å². The molecule has 1 aromatic carbocycles. The van der Waals surface area contributed by atoms with Crippen LogP contribution in [0, 0.1) is 6.92 Å². The van der Waals surface area contributed by atoms with Gasteiger partial charge in [-0.2, -0.15) is 0 Å². The van der Waals surface area contributed by atoms with Crippen LogP contribution < -0.4 is 5.32 Å². The number of nitrogens with zero attached hydrogens (tertiary/aromatic N) is 1. The first-order chi connectivity index (χ1) is 8.49. The maximum atomic E-state index is 11.8. The summed E-state index contributed by atoms with van der Waals surface area (Å²) in [6.45, 7) is 4.33. The molecule has 0 aliphatic heterocycles. The molecule has 2 amide bonds. The van der Waals surface area contributed by atoms with Crippen molar-refractivity contribution >= 4 is 17.7 Å². The first-order valence-electron chi connectivity index (χ1n) is 5.70. The van der Waals surface area contributed by atoms with Crippen LogP contribution in [0.1, 0.15) is 22.8 Å². The highest BCUT2D eigenvalue weighted by Gasteiger charge is 2.15. The molecule has 0 atom stereocenters. The number of rotatable bonds is 3. The van der Waals surface area contributed by atoms with E-state index in [-0.39, 0.29) is 6.03 Å². The van der Waals surface area contributed by atoms with Crippen LogP contribution in [-0.2, 0) is 4.74 Å². The second-order valence-corrected chi connectivity index (χ2v) is 3.98. The van der Waals surface area contributed by atoms with E-state index in [0.717, 1.165) is 5.56 Å². The van der Waals surface area contributed by atoms with Crippen molar-refractivity contribution in [3.05, 3.63) is 29.3 Å². The smallest absolute Gasteiger partial charge is 0.339 e. The van der Waals surface area contributed by atoms with Crippen molar-refractivity contribution in [3.63, 3.8) is 0 Å². The quantitative estimate of drug-likeness (QED) is 0.837.